The Bertz CT molecular complexity index is 287. The first-order valence-electron chi connectivity index (χ1n) is 4.29. The van der Waals surface area contributed by atoms with E-state index in [4.69, 9.17) is 16.6 Å². The minimum atomic E-state index is -0.332. The number of aliphatic hydroxyl groups is 1. The monoisotopic (exact) mass is 180 g/mol. The summed E-state index contributed by atoms with van der Waals surface area (Å²) in [5.74, 6) is 0. The maximum absolute atomic E-state index is 8.87. The van der Waals surface area contributed by atoms with Gasteiger partial charge >= 0.3 is 0 Å². The van der Waals surface area contributed by atoms with Gasteiger partial charge in [0.2, 0.25) is 0 Å². The van der Waals surface area contributed by atoms with Crippen LogP contribution in [-0.2, 0) is 0 Å². The van der Waals surface area contributed by atoms with Crippen LogP contribution in [0.25, 0.3) is 0 Å². The molecule has 3 nitrogen and oxygen atoms in total. The molecule has 1 unspecified atom stereocenters. The molecule has 0 aliphatic carbocycles. The van der Waals surface area contributed by atoms with E-state index in [0.717, 1.165) is 22.4 Å². The van der Waals surface area contributed by atoms with Gasteiger partial charge in [-0.05, 0) is 36.6 Å². The number of anilines is 1. The first kappa shape index (κ1) is 10.0. The number of hydrogen-bond acceptors (Lipinski definition) is 3. The van der Waals surface area contributed by atoms with Gasteiger partial charge in [-0.2, -0.15) is 0 Å². The summed E-state index contributed by atoms with van der Waals surface area (Å²) in [7, 11) is 0. The SMILES string of the molecule is Cc1cc(C(N)CO)cc(N)c1C. The van der Waals surface area contributed by atoms with Crippen LogP contribution in [-0.4, -0.2) is 11.7 Å². The molecule has 0 aliphatic rings. The molecule has 0 heterocycles. The van der Waals surface area contributed by atoms with Gasteiger partial charge in [-0.15, -0.1) is 0 Å². The minimum Gasteiger partial charge on any atom is -0.398 e. The van der Waals surface area contributed by atoms with E-state index in [0.29, 0.717) is 0 Å². The molecule has 3 heteroatoms. The highest BCUT2D eigenvalue weighted by molar-refractivity contribution is 5.53. The summed E-state index contributed by atoms with van der Waals surface area (Å²) in [5, 5.41) is 8.87. The molecule has 0 bridgehead atoms. The van der Waals surface area contributed by atoms with E-state index < -0.39 is 0 Å². The average molecular weight is 180 g/mol. The van der Waals surface area contributed by atoms with E-state index in [1.165, 1.54) is 0 Å². The van der Waals surface area contributed by atoms with Crippen molar-refractivity contribution in [3.8, 4) is 0 Å². The lowest BCUT2D eigenvalue weighted by Crippen LogP contribution is -2.15. The number of hydrogen-bond donors (Lipinski definition) is 3. The Hall–Kier alpha value is -1.06. The predicted molar refractivity (Wildman–Crippen MR) is 54.3 cm³/mol. The second-order valence-electron chi connectivity index (χ2n) is 3.34. The van der Waals surface area contributed by atoms with Gasteiger partial charge in [0.15, 0.2) is 0 Å². The number of rotatable bonds is 2. The first-order valence-corrected chi connectivity index (χ1v) is 4.29. The van der Waals surface area contributed by atoms with Gasteiger partial charge in [0.25, 0.3) is 0 Å². The molecule has 0 amide bonds. The van der Waals surface area contributed by atoms with Crippen LogP contribution in [0.5, 0.6) is 0 Å². The number of aliphatic hydroxyl groups excluding tert-OH is 1. The number of nitrogens with two attached hydrogens (primary N) is 2. The largest absolute Gasteiger partial charge is 0.398 e. The van der Waals surface area contributed by atoms with Crippen LogP contribution >= 0.6 is 0 Å². The third kappa shape index (κ3) is 1.99. The van der Waals surface area contributed by atoms with Crippen LogP contribution < -0.4 is 11.5 Å². The molecule has 72 valence electrons. The zero-order chi connectivity index (χ0) is 10.0. The Morgan fingerprint density at radius 3 is 2.46 bits per heavy atom. The lowest BCUT2D eigenvalue weighted by atomic mass is 10.0. The van der Waals surface area contributed by atoms with Crippen LogP contribution in [0.4, 0.5) is 5.69 Å². The molecule has 1 rings (SSSR count). The Morgan fingerprint density at radius 2 is 2.00 bits per heavy atom. The fourth-order valence-electron chi connectivity index (χ4n) is 1.23. The Kier molecular flexibility index (Phi) is 2.90. The van der Waals surface area contributed by atoms with E-state index in [1.54, 1.807) is 0 Å². The van der Waals surface area contributed by atoms with Gasteiger partial charge in [-0.1, -0.05) is 6.07 Å². The summed E-state index contributed by atoms with van der Waals surface area (Å²) in [5.41, 5.74) is 15.3. The number of benzene rings is 1. The van der Waals surface area contributed by atoms with E-state index in [1.807, 2.05) is 26.0 Å². The van der Waals surface area contributed by atoms with Crippen molar-refractivity contribution >= 4 is 5.69 Å². The topological polar surface area (TPSA) is 72.3 Å². The summed E-state index contributed by atoms with van der Waals surface area (Å²) in [6.07, 6.45) is 0. The second kappa shape index (κ2) is 3.77. The van der Waals surface area contributed by atoms with Crippen LogP contribution in [0.2, 0.25) is 0 Å². The molecule has 0 saturated carbocycles. The van der Waals surface area contributed by atoms with E-state index in [2.05, 4.69) is 0 Å². The number of nitrogen functional groups attached to an aromatic ring is 1. The van der Waals surface area contributed by atoms with Crippen molar-refractivity contribution in [2.24, 2.45) is 5.73 Å². The van der Waals surface area contributed by atoms with Crippen molar-refractivity contribution in [1.82, 2.24) is 0 Å². The van der Waals surface area contributed by atoms with Crippen molar-refractivity contribution in [3.63, 3.8) is 0 Å². The van der Waals surface area contributed by atoms with Crippen LogP contribution in [0, 0.1) is 13.8 Å². The second-order valence-corrected chi connectivity index (χ2v) is 3.34. The lowest BCUT2D eigenvalue weighted by molar-refractivity contribution is 0.268. The molecule has 0 aromatic heterocycles. The maximum atomic E-state index is 8.87. The van der Waals surface area contributed by atoms with Crippen LogP contribution in [0.3, 0.4) is 0 Å². The summed E-state index contributed by atoms with van der Waals surface area (Å²) in [6.45, 7) is 3.90. The van der Waals surface area contributed by atoms with Gasteiger partial charge in [-0.3, -0.25) is 0 Å². The van der Waals surface area contributed by atoms with Gasteiger partial charge in [-0.25, -0.2) is 0 Å². The molecule has 1 aromatic carbocycles. The molecule has 0 saturated heterocycles. The van der Waals surface area contributed by atoms with E-state index in [9.17, 15) is 0 Å². The molecule has 0 fully saturated rings. The van der Waals surface area contributed by atoms with E-state index >= 15 is 0 Å². The highest BCUT2D eigenvalue weighted by Gasteiger charge is 2.07. The summed E-state index contributed by atoms with van der Waals surface area (Å²) in [4.78, 5) is 0. The lowest BCUT2D eigenvalue weighted by Gasteiger charge is -2.12. The maximum Gasteiger partial charge on any atom is 0.0624 e. The van der Waals surface area contributed by atoms with Crippen molar-refractivity contribution in [1.29, 1.82) is 0 Å². The smallest absolute Gasteiger partial charge is 0.0624 e. The zero-order valence-corrected chi connectivity index (χ0v) is 8.04. The Morgan fingerprint density at radius 1 is 1.38 bits per heavy atom. The summed E-state index contributed by atoms with van der Waals surface area (Å²) in [6, 6.07) is 3.46. The molecule has 1 atom stereocenters. The highest BCUT2D eigenvalue weighted by Crippen LogP contribution is 2.21. The summed E-state index contributed by atoms with van der Waals surface area (Å²) < 4.78 is 0. The minimum absolute atomic E-state index is 0.0536. The van der Waals surface area contributed by atoms with Crippen molar-refractivity contribution < 1.29 is 5.11 Å². The molecule has 13 heavy (non-hydrogen) atoms. The van der Waals surface area contributed by atoms with Crippen molar-refractivity contribution in [2.75, 3.05) is 12.3 Å². The average Bonchev–Trinajstić information content (AvgIpc) is 2.12. The van der Waals surface area contributed by atoms with Gasteiger partial charge in [0.1, 0.15) is 0 Å². The molecular formula is C10H16N2O. The molecule has 0 aliphatic heterocycles. The summed E-state index contributed by atoms with van der Waals surface area (Å²) >= 11 is 0. The molecule has 0 spiro atoms. The molecule has 1 aromatic rings. The van der Waals surface area contributed by atoms with E-state index in [-0.39, 0.29) is 12.6 Å². The van der Waals surface area contributed by atoms with Crippen molar-refractivity contribution in [3.05, 3.63) is 28.8 Å². The number of aryl methyl sites for hydroxylation is 1. The van der Waals surface area contributed by atoms with Gasteiger partial charge < -0.3 is 16.6 Å². The zero-order valence-electron chi connectivity index (χ0n) is 8.04. The normalized spacial score (nSPS) is 12.9. The van der Waals surface area contributed by atoms with Crippen molar-refractivity contribution in [2.45, 2.75) is 19.9 Å². The van der Waals surface area contributed by atoms with Gasteiger partial charge in [0.05, 0.1) is 12.6 Å². The third-order valence-electron chi connectivity index (χ3n) is 2.35. The molecule has 0 radical (unpaired) electrons. The molecular weight excluding hydrogens is 164 g/mol. The Labute approximate surface area is 78.4 Å². The van der Waals surface area contributed by atoms with Crippen LogP contribution in [0.15, 0.2) is 12.1 Å². The Balaban J connectivity index is 3.13. The first-order chi connectivity index (χ1) is 6.06. The standard InChI is InChI=1S/C10H16N2O/c1-6-3-8(10(12)5-13)4-9(11)7(6)2/h3-4,10,13H,5,11-12H2,1-2H3. The predicted octanol–water partition coefficient (Wildman–Crippen LogP) is 0.878. The highest BCUT2D eigenvalue weighted by atomic mass is 16.3. The molecule has 5 N–H and O–H groups in total. The van der Waals surface area contributed by atoms with Crippen LogP contribution in [0.1, 0.15) is 22.7 Å². The van der Waals surface area contributed by atoms with Gasteiger partial charge in [0, 0.05) is 5.69 Å². The quantitative estimate of drug-likeness (QED) is 0.591. The third-order valence-corrected chi connectivity index (χ3v) is 2.35. The fraction of sp³-hybridized carbons (Fsp3) is 0.400. The fourth-order valence-corrected chi connectivity index (χ4v) is 1.23.